The van der Waals surface area contributed by atoms with Crippen molar-refractivity contribution < 1.29 is 19.1 Å². The molecule has 158 valence electrons. The van der Waals surface area contributed by atoms with Gasteiger partial charge in [0, 0.05) is 49.0 Å². The highest BCUT2D eigenvalue weighted by atomic mass is 16.5. The molecule has 0 radical (unpaired) electrons. The van der Waals surface area contributed by atoms with Gasteiger partial charge in [-0.1, -0.05) is 0 Å². The molecular weight excluding hydrogens is 384 g/mol. The number of urea groups is 1. The van der Waals surface area contributed by atoms with Crippen molar-refractivity contribution in [2.24, 2.45) is 0 Å². The minimum atomic E-state index is -0.332. The third-order valence-corrected chi connectivity index (χ3v) is 4.76. The van der Waals surface area contributed by atoms with Crippen LogP contribution >= 0.6 is 0 Å². The van der Waals surface area contributed by atoms with Crippen LogP contribution in [0.15, 0.2) is 48.7 Å². The summed E-state index contributed by atoms with van der Waals surface area (Å²) in [6, 6.07) is 12.6. The highest BCUT2D eigenvalue weighted by Gasteiger charge is 2.10. The summed E-state index contributed by atoms with van der Waals surface area (Å²) in [5.74, 6) is 1.38. The van der Waals surface area contributed by atoms with Crippen LogP contribution in [0, 0.1) is 0 Å². The molecule has 8 nitrogen and oxygen atoms in total. The zero-order chi connectivity index (χ0) is 21.7. The van der Waals surface area contributed by atoms with Crippen molar-refractivity contribution in [1.82, 2.24) is 14.8 Å². The minimum absolute atomic E-state index is 0.0158. The topological polar surface area (TPSA) is 84.8 Å². The maximum Gasteiger partial charge on any atom is 0.319 e. The highest BCUT2D eigenvalue weighted by molar-refractivity contribution is 5.93. The second kappa shape index (κ2) is 9.21. The Balaban J connectivity index is 1.65. The quantitative estimate of drug-likeness (QED) is 0.627. The molecule has 0 atom stereocenters. The molecule has 3 aromatic rings. The standard InChI is InChI=1S/C22H26N4O4/c1-25(2)21(27)14-26-10-9-15-11-17(5-7-19(15)26)24-22(28)23-13-16-12-18(29-3)6-8-20(16)30-4/h5-12H,13-14H2,1-4H3,(H2,23,24,28). The van der Waals surface area contributed by atoms with Crippen molar-refractivity contribution in [2.75, 3.05) is 33.6 Å². The number of amides is 3. The summed E-state index contributed by atoms with van der Waals surface area (Å²) in [5, 5.41) is 6.60. The number of anilines is 1. The van der Waals surface area contributed by atoms with E-state index in [0.29, 0.717) is 17.2 Å². The number of hydrogen-bond acceptors (Lipinski definition) is 4. The van der Waals surface area contributed by atoms with Gasteiger partial charge in [-0.2, -0.15) is 0 Å². The zero-order valence-electron chi connectivity index (χ0n) is 17.6. The highest BCUT2D eigenvalue weighted by Crippen LogP contribution is 2.24. The van der Waals surface area contributed by atoms with Gasteiger partial charge in [-0.05, 0) is 42.5 Å². The van der Waals surface area contributed by atoms with Crippen LogP contribution in [-0.4, -0.2) is 49.7 Å². The number of fused-ring (bicyclic) bond motifs is 1. The number of carbonyl (C=O) groups excluding carboxylic acids is 2. The van der Waals surface area contributed by atoms with Crippen LogP contribution in [0.25, 0.3) is 10.9 Å². The lowest BCUT2D eigenvalue weighted by molar-refractivity contribution is -0.129. The molecule has 1 aromatic heterocycles. The number of methoxy groups -OCH3 is 2. The average Bonchev–Trinajstić information content (AvgIpc) is 3.13. The van der Waals surface area contributed by atoms with E-state index < -0.39 is 0 Å². The van der Waals surface area contributed by atoms with Gasteiger partial charge in [0.2, 0.25) is 5.91 Å². The third kappa shape index (κ3) is 4.83. The van der Waals surface area contributed by atoms with Crippen LogP contribution in [0.3, 0.4) is 0 Å². The van der Waals surface area contributed by atoms with Crippen LogP contribution in [-0.2, 0) is 17.9 Å². The maximum atomic E-state index is 12.4. The number of likely N-dealkylation sites (N-methyl/N-ethyl adjacent to an activating group) is 1. The van der Waals surface area contributed by atoms with Crippen LogP contribution in [0.5, 0.6) is 11.5 Å². The van der Waals surface area contributed by atoms with E-state index in [4.69, 9.17) is 9.47 Å². The first-order valence-electron chi connectivity index (χ1n) is 9.46. The number of benzene rings is 2. The molecule has 30 heavy (non-hydrogen) atoms. The van der Waals surface area contributed by atoms with Crippen molar-refractivity contribution in [3.8, 4) is 11.5 Å². The van der Waals surface area contributed by atoms with Gasteiger partial charge in [0.05, 0.1) is 14.2 Å². The fourth-order valence-corrected chi connectivity index (χ4v) is 3.07. The molecule has 2 aromatic carbocycles. The van der Waals surface area contributed by atoms with Crippen molar-refractivity contribution in [3.63, 3.8) is 0 Å². The van der Waals surface area contributed by atoms with Gasteiger partial charge < -0.3 is 29.6 Å². The zero-order valence-corrected chi connectivity index (χ0v) is 17.6. The van der Waals surface area contributed by atoms with E-state index in [1.54, 1.807) is 45.3 Å². The normalized spacial score (nSPS) is 10.5. The molecule has 0 fully saturated rings. The van der Waals surface area contributed by atoms with Crippen LogP contribution in [0.2, 0.25) is 0 Å². The summed E-state index contributed by atoms with van der Waals surface area (Å²) in [6.07, 6.45) is 1.87. The molecule has 0 spiro atoms. The first kappa shape index (κ1) is 21.0. The lowest BCUT2D eigenvalue weighted by Crippen LogP contribution is -2.28. The SMILES string of the molecule is COc1ccc(OC)c(CNC(=O)Nc2ccc3c(ccn3CC(=O)N(C)C)c2)c1. The molecule has 0 aliphatic carbocycles. The Kier molecular flexibility index (Phi) is 6.46. The van der Waals surface area contributed by atoms with Gasteiger partial charge in [0.15, 0.2) is 0 Å². The molecule has 0 unspecified atom stereocenters. The number of hydrogen-bond donors (Lipinski definition) is 2. The molecule has 0 saturated carbocycles. The average molecular weight is 410 g/mol. The van der Waals surface area contributed by atoms with E-state index in [1.165, 1.54) is 0 Å². The van der Waals surface area contributed by atoms with E-state index in [0.717, 1.165) is 16.5 Å². The summed E-state index contributed by atoms with van der Waals surface area (Å²) < 4.78 is 12.4. The van der Waals surface area contributed by atoms with Gasteiger partial charge in [-0.3, -0.25) is 4.79 Å². The van der Waals surface area contributed by atoms with E-state index >= 15 is 0 Å². The third-order valence-electron chi connectivity index (χ3n) is 4.76. The smallest absolute Gasteiger partial charge is 0.319 e. The van der Waals surface area contributed by atoms with E-state index in [2.05, 4.69) is 10.6 Å². The lowest BCUT2D eigenvalue weighted by Gasteiger charge is -2.13. The number of nitrogens with one attached hydrogen (secondary N) is 2. The van der Waals surface area contributed by atoms with Gasteiger partial charge in [0.25, 0.3) is 0 Å². The Morgan fingerprint density at radius 3 is 2.53 bits per heavy atom. The van der Waals surface area contributed by atoms with Crippen LogP contribution in [0.4, 0.5) is 10.5 Å². The van der Waals surface area contributed by atoms with E-state index in [1.807, 2.05) is 41.1 Å². The summed E-state index contributed by atoms with van der Waals surface area (Å²) in [7, 11) is 6.63. The number of nitrogens with zero attached hydrogens (tertiary/aromatic N) is 2. The Hall–Kier alpha value is -3.68. The van der Waals surface area contributed by atoms with Gasteiger partial charge in [-0.25, -0.2) is 4.79 Å². The molecule has 0 aliphatic heterocycles. The predicted molar refractivity (Wildman–Crippen MR) is 116 cm³/mol. The Bertz CT molecular complexity index is 1060. The second-order valence-electron chi connectivity index (χ2n) is 6.99. The largest absolute Gasteiger partial charge is 0.497 e. The number of carbonyl (C=O) groups is 2. The number of ether oxygens (including phenoxy) is 2. The first-order chi connectivity index (χ1) is 14.4. The Morgan fingerprint density at radius 2 is 1.83 bits per heavy atom. The van der Waals surface area contributed by atoms with E-state index in [9.17, 15) is 9.59 Å². The monoisotopic (exact) mass is 410 g/mol. The second-order valence-corrected chi connectivity index (χ2v) is 6.99. The fraction of sp³-hybridized carbons (Fsp3) is 0.273. The Morgan fingerprint density at radius 1 is 1.03 bits per heavy atom. The maximum absolute atomic E-state index is 12.4. The van der Waals surface area contributed by atoms with Crippen molar-refractivity contribution in [1.29, 1.82) is 0 Å². The minimum Gasteiger partial charge on any atom is -0.497 e. The van der Waals surface area contributed by atoms with Crippen molar-refractivity contribution >= 4 is 28.5 Å². The van der Waals surface area contributed by atoms with E-state index in [-0.39, 0.29) is 25.0 Å². The summed E-state index contributed by atoms with van der Waals surface area (Å²) in [5.41, 5.74) is 2.40. The molecular formula is C22H26N4O4. The molecule has 3 amide bonds. The summed E-state index contributed by atoms with van der Waals surface area (Å²) in [4.78, 5) is 25.9. The molecule has 2 N–H and O–H groups in total. The molecule has 3 rings (SSSR count). The van der Waals surface area contributed by atoms with Gasteiger partial charge >= 0.3 is 6.03 Å². The molecule has 0 saturated heterocycles. The molecule has 0 bridgehead atoms. The molecule has 1 heterocycles. The first-order valence-corrected chi connectivity index (χ1v) is 9.46. The van der Waals surface area contributed by atoms with Crippen molar-refractivity contribution in [2.45, 2.75) is 13.1 Å². The van der Waals surface area contributed by atoms with Gasteiger partial charge in [0.1, 0.15) is 18.0 Å². The number of rotatable bonds is 7. The van der Waals surface area contributed by atoms with Crippen LogP contribution in [0.1, 0.15) is 5.56 Å². The molecule has 8 heteroatoms. The molecule has 0 aliphatic rings. The van der Waals surface area contributed by atoms with Crippen LogP contribution < -0.4 is 20.1 Å². The number of aromatic nitrogens is 1. The van der Waals surface area contributed by atoms with Crippen molar-refractivity contribution in [3.05, 3.63) is 54.2 Å². The van der Waals surface area contributed by atoms with Gasteiger partial charge in [-0.15, -0.1) is 0 Å². The summed E-state index contributed by atoms with van der Waals surface area (Å²) >= 11 is 0. The Labute approximate surface area is 175 Å². The lowest BCUT2D eigenvalue weighted by atomic mass is 10.2. The predicted octanol–water partition coefficient (Wildman–Crippen LogP) is 3.07. The summed E-state index contributed by atoms with van der Waals surface area (Å²) in [6.45, 7) is 0.559. The fourth-order valence-electron chi connectivity index (χ4n) is 3.07.